The van der Waals surface area contributed by atoms with Crippen molar-refractivity contribution in [2.75, 3.05) is 0 Å². The number of phenolic OH excluding ortho intramolecular Hbond substituents is 1. The maximum atomic E-state index is 13.2. The van der Waals surface area contributed by atoms with Crippen LogP contribution in [0.1, 0.15) is 0 Å². The summed E-state index contributed by atoms with van der Waals surface area (Å²) >= 11 is 0. The van der Waals surface area contributed by atoms with Gasteiger partial charge in [0.15, 0.2) is 0 Å². The van der Waals surface area contributed by atoms with Gasteiger partial charge in [-0.1, -0.05) is 36.4 Å². The molecule has 0 unspecified atom stereocenters. The monoisotopic (exact) mass is 570 g/mol. The summed E-state index contributed by atoms with van der Waals surface area (Å²) in [6, 6.07) is 14.9. The van der Waals surface area contributed by atoms with Crippen molar-refractivity contribution in [3.63, 3.8) is 0 Å². The molecule has 35 heavy (non-hydrogen) atoms. The molecule has 1 N–H and O–H groups in total. The first-order valence-electron chi connectivity index (χ1n) is 9.65. The molecule has 0 saturated carbocycles. The van der Waals surface area contributed by atoms with Gasteiger partial charge in [0, 0.05) is 59.7 Å². The van der Waals surface area contributed by atoms with Gasteiger partial charge < -0.3 is 9.29 Å². The quantitative estimate of drug-likeness (QED) is 0.179. The summed E-state index contributed by atoms with van der Waals surface area (Å²) in [5.74, 6) is -0.416. The van der Waals surface area contributed by atoms with E-state index in [0.29, 0.717) is 0 Å². The molecule has 8 nitrogen and oxygen atoms in total. The van der Waals surface area contributed by atoms with Crippen LogP contribution in [0.15, 0.2) is 81.4 Å². The van der Waals surface area contributed by atoms with Gasteiger partial charge in [0.2, 0.25) is 0 Å². The number of hydrogen-bond donors (Lipinski definition) is 1. The van der Waals surface area contributed by atoms with Gasteiger partial charge in [-0.25, -0.2) is 16.8 Å². The van der Waals surface area contributed by atoms with E-state index in [1.807, 2.05) is 0 Å². The zero-order chi connectivity index (χ0) is 25.3. The molecule has 0 aliphatic rings. The fourth-order valence-electron chi connectivity index (χ4n) is 4.14. The van der Waals surface area contributed by atoms with Gasteiger partial charge in [-0.3, -0.25) is 0 Å². The summed E-state index contributed by atoms with van der Waals surface area (Å²) < 4.78 is 80.9. The third-order valence-electron chi connectivity index (χ3n) is 5.51. The van der Waals surface area contributed by atoms with Crippen LogP contribution in [0.25, 0.3) is 32.3 Å². The van der Waals surface area contributed by atoms with E-state index in [1.54, 1.807) is 18.2 Å². The van der Waals surface area contributed by atoms with Gasteiger partial charge in [0.1, 0.15) is 16.4 Å². The highest BCUT2D eigenvalue weighted by Gasteiger charge is 2.29. The van der Waals surface area contributed by atoms with Gasteiger partial charge in [0.25, 0.3) is 18.1 Å². The van der Waals surface area contributed by atoms with Crippen LogP contribution >= 0.6 is 21.4 Å². The van der Waals surface area contributed by atoms with Crippen molar-refractivity contribution >= 4 is 81.9 Å². The molecule has 180 valence electrons. The molecular weight excluding hydrogens is 559 g/mol. The van der Waals surface area contributed by atoms with Gasteiger partial charge in [-0.05, 0) is 24.3 Å². The average molecular weight is 571 g/mol. The van der Waals surface area contributed by atoms with E-state index >= 15 is 0 Å². The molecule has 5 rings (SSSR count). The zero-order valence-electron chi connectivity index (χ0n) is 17.1. The van der Waals surface area contributed by atoms with Crippen molar-refractivity contribution in [2.45, 2.75) is 14.7 Å². The second-order valence-corrected chi connectivity index (χ2v) is 14.1. The molecule has 0 aliphatic carbocycles. The molecule has 5 aromatic carbocycles. The highest BCUT2D eigenvalue weighted by Crippen LogP contribution is 2.45. The number of hydrogen-bond acceptors (Lipinski definition) is 8. The molecule has 13 heteroatoms. The lowest BCUT2D eigenvalue weighted by atomic mass is 9.94. The predicted molar refractivity (Wildman–Crippen MR) is 132 cm³/mol. The molecule has 5 aromatic rings. The zero-order valence-corrected chi connectivity index (χ0v) is 21.1. The van der Waals surface area contributed by atoms with Crippen molar-refractivity contribution in [3.8, 4) is 11.5 Å². The normalized spacial score (nSPS) is 13.1. The lowest BCUT2D eigenvalue weighted by Gasteiger charge is -2.18. The molecule has 0 fully saturated rings. The molecule has 0 bridgehead atoms. The number of rotatable bonds is 5. The van der Waals surface area contributed by atoms with Crippen LogP contribution in [-0.2, 0) is 28.2 Å². The molecule has 0 aromatic heterocycles. The first kappa shape index (κ1) is 23.9. The Labute approximate surface area is 208 Å². The maximum absolute atomic E-state index is 13.2. The van der Waals surface area contributed by atoms with Crippen LogP contribution in [0.2, 0.25) is 0 Å². The van der Waals surface area contributed by atoms with Crippen molar-refractivity contribution < 1.29 is 34.5 Å². The number of aromatic hydroxyl groups is 1. The molecule has 0 saturated heterocycles. The van der Waals surface area contributed by atoms with E-state index in [2.05, 4.69) is 0 Å². The van der Waals surface area contributed by atoms with Gasteiger partial charge in [-0.2, -0.15) is 8.42 Å². The van der Waals surface area contributed by atoms with E-state index < -0.39 is 48.7 Å². The molecule has 0 amide bonds. The number of benzene rings is 5. The lowest BCUT2D eigenvalue weighted by Crippen LogP contribution is -2.10. The van der Waals surface area contributed by atoms with Crippen LogP contribution in [0.5, 0.6) is 11.5 Å². The minimum atomic E-state index is -4.49. The number of halogens is 2. The fourth-order valence-corrected chi connectivity index (χ4v) is 7.51. The lowest BCUT2D eigenvalue weighted by molar-refractivity contribution is 0.473. The Morgan fingerprint density at radius 3 is 1.57 bits per heavy atom. The molecular formula is C22H12Cl2O8S3. The van der Waals surface area contributed by atoms with E-state index in [4.69, 9.17) is 25.5 Å². The fraction of sp³-hybridized carbons (Fsp3) is 0. The summed E-state index contributed by atoms with van der Waals surface area (Å²) in [6.07, 6.45) is 0. The van der Waals surface area contributed by atoms with Crippen LogP contribution in [0, 0.1) is 0 Å². The van der Waals surface area contributed by atoms with E-state index in [1.165, 1.54) is 36.4 Å². The Hall–Kier alpha value is -2.83. The molecule has 0 aliphatic heterocycles. The minimum Gasteiger partial charge on any atom is -0.507 e. The van der Waals surface area contributed by atoms with Crippen molar-refractivity contribution in [3.05, 3.63) is 66.7 Å². The molecule has 0 heterocycles. The second kappa shape index (κ2) is 7.84. The van der Waals surface area contributed by atoms with Crippen LogP contribution in [0.4, 0.5) is 0 Å². The summed E-state index contributed by atoms with van der Waals surface area (Å²) in [5, 5.41) is 11.1. The summed E-state index contributed by atoms with van der Waals surface area (Å²) in [6.45, 7) is 0. The third kappa shape index (κ3) is 3.93. The van der Waals surface area contributed by atoms with E-state index in [9.17, 15) is 30.4 Å². The maximum Gasteiger partial charge on any atom is 0.339 e. The summed E-state index contributed by atoms with van der Waals surface area (Å²) in [4.78, 5) is -1.47. The smallest absolute Gasteiger partial charge is 0.339 e. The predicted octanol–water partition coefficient (Wildman–Crippen LogP) is 4.91. The SMILES string of the molecule is O=S(=O)(Cl)c1cc(S(=O)(=O)Cl)c2ccc3c(S(=O)(=O)Oc4ccccc4)cc(O)c4ccc1c2c43. The van der Waals surface area contributed by atoms with Crippen molar-refractivity contribution in [1.82, 2.24) is 0 Å². The van der Waals surface area contributed by atoms with Crippen molar-refractivity contribution in [1.29, 1.82) is 0 Å². The first-order chi connectivity index (χ1) is 16.3. The Kier molecular flexibility index (Phi) is 5.35. The largest absolute Gasteiger partial charge is 0.507 e. The second-order valence-electron chi connectivity index (χ2n) is 7.56. The highest BCUT2D eigenvalue weighted by molar-refractivity contribution is 8.14. The van der Waals surface area contributed by atoms with Crippen LogP contribution < -0.4 is 4.18 Å². The van der Waals surface area contributed by atoms with E-state index in [0.717, 1.165) is 12.1 Å². The number of phenols is 1. The van der Waals surface area contributed by atoms with Gasteiger partial charge >= 0.3 is 10.1 Å². The molecule has 0 atom stereocenters. The molecule has 0 radical (unpaired) electrons. The minimum absolute atomic E-state index is 0.0232. The van der Waals surface area contributed by atoms with Crippen LogP contribution in [0.3, 0.4) is 0 Å². The Balaban J connectivity index is 1.97. The Bertz CT molecular complexity index is 1940. The topological polar surface area (TPSA) is 132 Å². The first-order valence-corrected chi connectivity index (χ1v) is 15.7. The third-order valence-corrected chi connectivity index (χ3v) is 9.52. The Morgan fingerprint density at radius 2 is 1.06 bits per heavy atom. The van der Waals surface area contributed by atoms with Gasteiger partial charge in [-0.15, -0.1) is 0 Å². The van der Waals surface area contributed by atoms with Crippen LogP contribution in [-0.4, -0.2) is 30.4 Å². The summed E-state index contributed by atoms with van der Waals surface area (Å²) in [7, 11) is -2.20. The van der Waals surface area contributed by atoms with E-state index in [-0.39, 0.29) is 38.1 Å². The number of para-hydroxylation sites is 1. The molecule has 0 spiro atoms. The standard InChI is InChI=1S/C22H12Cl2O8S3/c23-33(26,27)18-11-19(34(24,28)29)15-8-9-16-20(35(30,31)32-12-4-2-1-3-5-12)10-17(25)13-6-7-14(18)22(15)21(13)16/h1-11,25H. The average Bonchev–Trinajstić information content (AvgIpc) is 2.76. The Morgan fingerprint density at radius 1 is 0.600 bits per heavy atom. The van der Waals surface area contributed by atoms with Gasteiger partial charge in [0.05, 0.1) is 9.79 Å². The highest BCUT2D eigenvalue weighted by atomic mass is 35.7. The van der Waals surface area contributed by atoms with Crippen molar-refractivity contribution in [2.24, 2.45) is 0 Å². The summed E-state index contributed by atoms with van der Waals surface area (Å²) in [5.41, 5.74) is 0.